The Morgan fingerprint density at radius 3 is 0.936 bits per heavy atom. The lowest BCUT2D eigenvalue weighted by molar-refractivity contribution is -0.137. The van der Waals surface area contributed by atoms with Gasteiger partial charge in [-0.3, -0.25) is 0 Å². The summed E-state index contributed by atoms with van der Waals surface area (Å²) in [5.41, 5.74) is 22.0. The zero-order valence-electron chi connectivity index (χ0n) is 44.7. The predicted molar refractivity (Wildman–Crippen MR) is 315 cm³/mol. The first-order valence-corrected chi connectivity index (χ1v) is 26.1. The van der Waals surface area contributed by atoms with Gasteiger partial charge in [-0.2, -0.15) is 23.7 Å². The van der Waals surface area contributed by atoms with Gasteiger partial charge in [-0.15, -0.1) is 0 Å². The summed E-state index contributed by atoms with van der Waals surface area (Å²) in [4.78, 5) is 0. The molecule has 0 aliphatic rings. The number of rotatable bonds is 7. The molecule has 12 rings (SSSR count). The van der Waals surface area contributed by atoms with E-state index in [0.717, 1.165) is 145 Å². The van der Waals surface area contributed by atoms with Crippen molar-refractivity contribution in [3.8, 4) is 79.1 Å². The maximum Gasteiger partial charge on any atom is 0.416 e. The molecule has 2 aromatic heterocycles. The summed E-state index contributed by atoms with van der Waals surface area (Å²) < 4.78 is 48.7. The first kappa shape index (κ1) is 49.4. The molecule has 0 atom stereocenters. The Morgan fingerprint density at radius 1 is 0.321 bits per heavy atom. The number of hydrogen-bond donors (Lipinski definition) is 0. The van der Waals surface area contributed by atoms with Gasteiger partial charge in [0.25, 0.3) is 0 Å². The highest BCUT2D eigenvalue weighted by atomic mass is 19.4. The van der Waals surface area contributed by atoms with Crippen LogP contribution in [0, 0.1) is 78.1 Å². The van der Waals surface area contributed by atoms with E-state index in [1.54, 1.807) is 0 Å². The van der Waals surface area contributed by atoms with Crippen molar-refractivity contribution >= 4 is 43.6 Å². The van der Waals surface area contributed by atoms with Crippen molar-refractivity contribution < 1.29 is 13.2 Å². The largest absolute Gasteiger partial charge is 0.416 e. The van der Waals surface area contributed by atoms with E-state index in [0.29, 0.717) is 11.4 Å². The van der Waals surface area contributed by atoms with Crippen LogP contribution in [0.5, 0.6) is 0 Å². The maximum absolute atomic E-state index is 14.7. The van der Waals surface area contributed by atoms with E-state index in [1.807, 2.05) is 18.2 Å². The molecule has 0 saturated heterocycles. The lowest BCUT2D eigenvalue weighted by Crippen LogP contribution is -2.07. The summed E-state index contributed by atoms with van der Waals surface area (Å²) in [7, 11) is 0. The smallest absolute Gasteiger partial charge is 0.307 e. The summed E-state index contributed by atoms with van der Waals surface area (Å²) in [6.07, 6.45) is -4.75. The number of benzene rings is 10. The van der Waals surface area contributed by atoms with Gasteiger partial charge >= 0.3 is 6.18 Å². The van der Waals surface area contributed by atoms with Crippen molar-refractivity contribution in [3.05, 3.63) is 237 Å². The number of alkyl halides is 3. The van der Waals surface area contributed by atoms with E-state index in [1.165, 1.54) is 6.07 Å². The average Bonchev–Trinajstić information content (AvgIpc) is 4.06. The van der Waals surface area contributed by atoms with Gasteiger partial charge in [0.1, 0.15) is 0 Å². The Morgan fingerprint density at radius 2 is 0.641 bits per heavy atom. The molecule has 0 saturated carbocycles. The summed E-state index contributed by atoms with van der Waals surface area (Å²) in [6, 6.07) is 63.8. The fourth-order valence-corrected chi connectivity index (χ4v) is 12.1. The van der Waals surface area contributed by atoms with Gasteiger partial charge in [0.2, 0.25) is 0 Å². The molecule has 0 unspecified atom stereocenters. The van der Waals surface area contributed by atoms with E-state index >= 15 is 0 Å². The van der Waals surface area contributed by atoms with E-state index in [-0.39, 0.29) is 22.3 Å². The SMILES string of the molecule is Cc1cc(C)cc(-c2ccc3c(c2)c2cc(-c4cc(C)cc(C)c4)ccc2n3-c2cc(C#N)c(-c3cc(C#N)cc(C(F)(F)F)c3)cc2-n2c3ccc(-c4cc(C)cc(C)c4)cc3c3cc(-c4cc(C)cc(C)c4)ccc32)c1. The Labute approximate surface area is 452 Å². The quantitative estimate of drug-likeness (QED) is 0.160. The van der Waals surface area contributed by atoms with Gasteiger partial charge in [0, 0.05) is 27.1 Å². The Bertz CT molecular complexity index is 4310. The number of aryl methyl sites for hydroxylation is 8. The summed E-state index contributed by atoms with van der Waals surface area (Å²) >= 11 is 0. The zero-order valence-corrected chi connectivity index (χ0v) is 44.7. The third-order valence-corrected chi connectivity index (χ3v) is 15.2. The number of fused-ring (bicyclic) bond motifs is 6. The second kappa shape index (κ2) is 18.7. The highest BCUT2D eigenvalue weighted by Crippen LogP contribution is 2.45. The average molecular weight is 1020 g/mol. The van der Waals surface area contributed by atoms with Gasteiger partial charge in [0.05, 0.1) is 62.3 Å². The number of nitrogens with zero attached hydrogens (tertiary/aromatic N) is 4. The first-order valence-electron chi connectivity index (χ1n) is 26.1. The summed E-state index contributed by atoms with van der Waals surface area (Å²) in [6.45, 7) is 16.9. The monoisotopic (exact) mass is 1020 g/mol. The molecule has 2 heterocycles. The van der Waals surface area contributed by atoms with Crippen molar-refractivity contribution in [2.45, 2.75) is 61.6 Å². The highest BCUT2D eigenvalue weighted by Gasteiger charge is 2.32. The zero-order chi connectivity index (χ0) is 54.5. The number of halogens is 3. The molecule has 0 bridgehead atoms. The minimum atomic E-state index is -4.75. The van der Waals surface area contributed by atoms with Crippen LogP contribution in [0.1, 0.15) is 61.2 Å². The van der Waals surface area contributed by atoms with E-state index in [2.05, 4.69) is 216 Å². The molecule has 12 aromatic rings. The molecule has 7 heteroatoms. The molecule has 0 fully saturated rings. The van der Waals surface area contributed by atoms with Gasteiger partial charge in [0.15, 0.2) is 0 Å². The van der Waals surface area contributed by atoms with Crippen LogP contribution in [0.15, 0.2) is 176 Å². The highest BCUT2D eigenvalue weighted by molar-refractivity contribution is 6.14. The van der Waals surface area contributed by atoms with Crippen molar-refractivity contribution in [3.63, 3.8) is 0 Å². The first-order chi connectivity index (χ1) is 37.4. The molecular weight excluding hydrogens is 966 g/mol. The van der Waals surface area contributed by atoms with E-state index in [4.69, 9.17) is 0 Å². The standard InChI is InChI=1S/C71H53F3N4/c1-40-17-41(2)22-53(21-40)49-9-13-65-61(32-49)62-33-50(54-23-42(3)18-43(4)24-54)10-14-66(62)77(65)69-36-58(39-76)60(57-29-48(38-75)30-59(31-57)71(72,73)74)37-70(69)78-67-15-11-51(55-25-44(5)19-45(6)26-55)34-63(67)64-35-52(12-16-68(64)78)56-27-46(7)20-47(8)28-56/h9-37H,1-8H3. The van der Waals surface area contributed by atoms with Crippen LogP contribution in [0.3, 0.4) is 0 Å². The van der Waals surface area contributed by atoms with Gasteiger partial charge < -0.3 is 9.13 Å². The molecule has 378 valence electrons. The number of nitriles is 2. The molecule has 0 aliphatic heterocycles. The van der Waals surface area contributed by atoms with Gasteiger partial charge in [-0.25, -0.2) is 0 Å². The Hall–Kier alpha value is -9.43. The van der Waals surface area contributed by atoms with E-state index < -0.39 is 11.7 Å². The maximum atomic E-state index is 14.7. The molecule has 10 aromatic carbocycles. The predicted octanol–water partition coefficient (Wildman–Crippen LogP) is 19.4. The molecule has 0 amide bonds. The van der Waals surface area contributed by atoms with Crippen LogP contribution in [-0.4, -0.2) is 9.13 Å². The molecule has 0 aliphatic carbocycles. The van der Waals surface area contributed by atoms with Crippen LogP contribution in [0.4, 0.5) is 13.2 Å². The van der Waals surface area contributed by atoms with Crippen LogP contribution >= 0.6 is 0 Å². The molecule has 0 N–H and O–H groups in total. The minimum absolute atomic E-state index is 0.110. The molecule has 0 spiro atoms. The third kappa shape index (κ3) is 8.78. The Balaban J connectivity index is 1.23. The van der Waals surface area contributed by atoms with Crippen LogP contribution in [-0.2, 0) is 6.18 Å². The topological polar surface area (TPSA) is 57.4 Å². The second-order valence-corrected chi connectivity index (χ2v) is 21.5. The van der Waals surface area contributed by atoms with Crippen molar-refractivity contribution in [1.29, 1.82) is 10.5 Å². The van der Waals surface area contributed by atoms with Crippen LogP contribution in [0.2, 0.25) is 0 Å². The minimum Gasteiger partial charge on any atom is -0.307 e. The number of aromatic nitrogens is 2. The second-order valence-electron chi connectivity index (χ2n) is 21.5. The lowest BCUT2D eigenvalue weighted by atomic mass is 9.94. The Kier molecular flexibility index (Phi) is 11.8. The summed E-state index contributed by atoms with van der Waals surface area (Å²) in [5, 5.41) is 25.4. The van der Waals surface area contributed by atoms with Gasteiger partial charge in [-0.1, -0.05) is 142 Å². The summed E-state index contributed by atoms with van der Waals surface area (Å²) in [5.74, 6) is 0. The third-order valence-electron chi connectivity index (χ3n) is 15.2. The molecule has 0 radical (unpaired) electrons. The van der Waals surface area contributed by atoms with Crippen molar-refractivity contribution in [1.82, 2.24) is 9.13 Å². The van der Waals surface area contributed by atoms with E-state index in [9.17, 15) is 23.7 Å². The van der Waals surface area contributed by atoms with Crippen LogP contribution in [0.25, 0.3) is 111 Å². The van der Waals surface area contributed by atoms with Crippen LogP contribution < -0.4 is 0 Å². The van der Waals surface area contributed by atoms with Crippen molar-refractivity contribution in [2.75, 3.05) is 0 Å². The lowest BCUT2D eigenvalue weighted by Gasteiger charge is -2.20. The molecular formula is C71H53F3N4. The number of hydrogen-bond acceptors (Lipinski definition) is 2. The molecule has 78 heavy (non-hydrogen) atoms. The van der Waals surface area contributed by atoms with Crippen molar-refractivity contribution in [2.24, 2.45) is 0 Å². The fourth-order valence-electron chi connectivity index (χ4n) is 12.1. The molecule has 4 nitrogen and oxygen atoms in total. The fraction of sp³-hybridized carbons (Fsp3) is 0.127. The normalized spacial score (nSPS) is 11.8. The van der Waals surface area contributed by atoms with Gasteiger partial charge in [-0.05, 0) is 184 Å².